The first-order chi connectivity index (χ1) is 6.97. The first kappa shape index (κ1) is 10.3. The van der Waals surface area contributed by atoms with Crippen molar-refractivity contribution in [3.8, 4) is 0 Å². The number of rotatable bonds is 0. The summed E-state index contributed by atoms with van der Waals surface area (Å²) in [7, 11) is 0. The molecular formula is C10H9F4N. The maximum atomic E-state index is 12.8. The number of hydrogen-bond acceptors (Lipinski definition) is 1. The maximum absolute atomic E-state index is 12.8. The number of hydrogen-bond donors (Lipinski definition) is 1. The van der Waals surface area contributed by atoms with Gasteiger partial charge in [0.1, 0.15) is 11.9 Å². The van der Waals surface area contributed by atoms with Crippen molar-refractivity contribution >= 4 is 5.69 Å². The second kappa shape index (κ2) is 3.40. The quantitative estimate of drug-likeness (QED) is 0.661. The number of fused-ring (bicyclic) bond motifs is 1. The largest absolute Gasteiger partial charge is 0.408 e. The van der Waals surface area contributed by atoms with E-state index in [1.54, 1.807) is 0 Å². The van der Waals surface area contributed by atoms with Crippen molar-refractivity contribution in [2.24, 2.45) is 0 Å². The highest BCUT2D eigenvalue weighted by atomic mass is 19.4. The summed E-state index contributed by atoms with van der Waals surface area (Å²) < 4.78 is 49.9. The van der Waals surface area contributed by atoms with Gasteiger partial charge in [0.2, 0.25) is 0 Å². The van der Waals surface area contributed by atoms with Gasteiger partial charge in [0.05, 0.1) is 0 Å². The molecule has 1 unspecified atom stereocenters. The summed E-state index contributed by atoms with van der Waals surface area (Å²) in [6.45, 7) is 0. The molecule has 0 bridgehead atoms. The molecule has 0 amide bonds. The van der Waals surface area contributed by atoms with E-state index in [-0.39, 0.29) is 12.8 Å². The summed E-state index contributed by atoms with van der Waals surface area (Å²) in [5, 5.41) is 2.37. The van der Waals surface area contributed by atoms with Crippen molar-refractivity contribution in [2.75, 3.05) is 5.32 Å². The van der Waals surface area contributed by atoms with Crippen molar-refractivity contribution in [1.82, 2.24) is 0 Å². The van der Waals surface area contributed by atoms with Gasteiger partial charge in [-0.05, 0) is 36.6 Å². The third-order valence-electron chi connectivity index (χ3n) is 2.49. The predicted molar refractivity (Wildman–Crippen MR) is 48.2 cm³/mol. The predicted octanol–water partition coefficient (Wildman–Crippen LogP) is 3.11. The van der Waals surface area contributed by atoms with E-state index in [4.69, 9.17) is 0 Å². The lowest BCUT2D eigenvalue weighted by Crippen LogP contribution is -2.39. The van der Waals surface area contributed by atoms with Gasteiger partial charge in [-0.15, -0.1) is 0 Å². The van der Waals surface area contributed by atoms with E-state index in [0.717, 1.165) is 6.07 Å². The average Bonchev–Trinajstić information content (AvgIpc) is 2.15. The Morgan fingerprint density at radius 3 is 2.67 bits per heavy atom. The molecule has 1 nitrogen and oxygen atoms in total. The van der Waals surface area contributed by atoms with E-state index in [2.05, 4.69) is 5.32 Å². The van der Waals surface area contributed by atoms with Crippen LogP contribution in [0.2, 0.25) is 0 Å². The first-order valence-corrected chi connectivity index (χ1v) is 4.58. The lowest BCUT2D eigenvalue weighted by Gasteiger charge is -2.28. The van der Waals surface area contributed by atoms with Crippen LogP contribution >= 0.6 is 0 Å². The Balaban J connectivity index is 2.24. The summed E-state index contributed by atoms with van der Waals surface area (Å²) in [5.41, 5.74) is 0.987. The molecule has 1 heterocycles. The van der Waals surface area contributed by atoms with Crippen LogP contribution in [0.1, 0.15) is 12.0 Å². The van der Waals surface area contributed by atoms with Crippen molar-refractivity contribution in [1.29, 1.82) is 0 Å². The molecule has 1 aliphatic rings. The Morgan fingerprint density at radius 2 is 2.00 bits per heavy atom. The van der Waals surface area contributed by atoms with Crippen molar-refractivity contribution in [2.45, 2.75) is 25.1 Å². The fourth-order valence-corrected chi connectivity index (χ4v) is 1.72. The molecule has 0 aromatic heterocycles. The van der Waals surface area contributed by atoms with E-state index in [0.29, 0.717) is 11.3 Å². The SMILES string of the molecule is Fc1ccc2c(c1)CCC(C(F)(F)F)N2. The first-order valence-electron chi connectivity index (χ1n) is 4.58. The summed E-state index contributed by atoms with van der Waals surface area (Å²) in [6.07, 6.45) is -4.03. The highest BCUT2D eigenvalue weighted by molar-refractivity contribution is 5.54. The number of aryl methyl sites for hydroxylation is 1. The number of anilines is 1. The Hall–Kier alpha value is -1.26. The van der Waals surface area contributed by atoms with Gasteiger partial charge >= 0.3 is 6.18 Å². The van der Waals surface area contributed by atoms with Crippen LogP contribution in [0.15, 0.2) is 18.2 Å². The molecule has 1 aliphatic heterocycles. The minimum absolute atomic E-state index is 0.0417. The summed E-state index contributed by atoms with van der Waals surface area (Å²) in [5.74, 6) is -0.416. The van der Waals surface area contributed by atoms with Crippen LogP contribution in [0.5, 0.6) is 0 Å². The smallest absolute Gasteiger partial charge is 0.374 e. The second-order valence-electron chi connectivity index (χ2n) is 3.58. The zero-order chi connectivity index (χ0) is 11.1. The molecule has 15 heavy (non-hydrogen) atoms. The molecule has 0 aliphatic carbocycles. The highest BCUT2D eigenvalue weighted by Crippen LogP contribution is 2.33. The summed E-state index contributed by atoms with van der Waals surface area (Å²) >= 11 is 0. The van der Waals surface area contributed by atoms with E-state index in [9.17, 15) is 17.6 Å². The van der Waals surface area contributed by atoms with Crippen LogP contribution in [0, 0.1) is 5.82 Å². The maximum Gasteiger partial charge on any atom is 0.408 e. The van der Waals surface area contributed by atoms with Crippen molar-refractivity contribution in [3.63, 3.8) is 0 Å². The van der Waals surface area contributed by atoms with E-state index in [1.807, 2.05) is 0 Å². The minimum Gasteiger partial charge on any atom is -0.374 e. The lowest BCUT2D eigenvalue weighted by molar-refractivity contribution is -0.144. The average molecular weight is 219 g/mol. The standard InChI is InChI=1S/C10H9F4N/c11-7-2-3-8-6(5-7)1-4-9(15-8)10(12,13)14/h2-3,5,9,15H,1,4H2. The molecule has 1 aromatic rings. The van der Waals surface area contributed by atoms with E-state index in [1.165, 1.54) is 12.1 Å². The van der Waals surface area contributed by atoms with Crippen LogP contribution in [0.3, 0.4) is 0 Å². The zero-order valence-corrected chi connectivity index (χ0v) is 7.74. The van der Waals surface area contributed by atoms with Crippen LogP contribution in [-0.2, 0) is 6.42 Å². The van der Waals surface area contributed by atoms with Crippen LogP contribution in [-0.4, -0.2) is 12.2 Å². The van der Waals surface area contributed by atoms with E-state index < -0.39 is 18.0 Å². The van der Waals surface area contributed by atoms with Gasteiger partial charge < -0.3 is 5.32 Å². The van der Waals surface area contributed by atoms with Gasteiger partial charge in [-0.3, -0.25) is 0 Å². The molecule has 5 heteroatoms. The highest BCUT2D eigenvalue weighted by Gasteiger charge is 2.41. The molecule has 1 atom stereocenters. The molecule has 1 N–H and O–H groups in total. The number of nitrogens with one attached hydrogen (secondary N) is 1. The van der Waals surface area contributed by atoms with Crippen LogP contribution in [0.4, 0.5) is 23.2 Å². The molecule has 1 aromatic carbocycles. The number of halogens is 4. The lowest BCUT2D eigenvalue weighted by atomic mass is 9.98. The van der Waals surface area contributed by atoms with E-state index >= 15 is 0 Å². The molecule has 0 spiro atoms. The van der Waals surface area contributed by atoms with Crippen molar-refractivity contribution < 1.29 is 17.6 Å². The fourth-order valence-electron chi connectivity index (χ4n) is 1.72. The topological polar surface area (TPSA) is 12.0 Å². The molecule has 0 radical (unpaired) electrons. The van der Waals surface area contributed by atoms with Gasteiger partial charge in [-0.25, -0.2) is 4.39 Å². The Labute approximate surface area is 84.1 Å². The molecule has 0 fully saturated rings. The Bertz CT molecular complexity index is 372. The number of benzene rings is 1. The summed E-state index contributed by atoms with van der Waals surface area (Å²) in [6, 6.07) is 2.26. The molecule has 0 saturated carbocycles. The van der Waals surface area contributed by atoms with Crippen LogP contribution < -0.4 is 5.32 Å². The Morgan fingerprint density at radius 1 is 1.27 bits per heavy atom. The van der Waals surface area contributed by atoms with Gasteiger partial charge in [0, 0.05) is 5.69 Å². The molecule has 82 valence electrons. The molecule has 0 saturated heterocycles. The monoisotopic (exact) mass is 219 g/mol. The van der Waals surface area contributed by atoms with Crippen LogP contribution in [0.25, 0.3) is 0 Å². The van der Waals surface area contributed by atoms with Crippen molar-refractivity contribution in [3.05, 3.63) is 29.6 Å². The Kier molecular flexibility index (Phi) is 2.32. The normalized spacial score (nSPS) is 20.7. The molecule has 2 rings (SSSR count). The third kappa shape index (κ3) is 2.06. The molecular weight excluding hydrogens is 210 g/mol. The van der Waals surface area contributed by atoms with Gasteiger partial charge in [-0.2, -0.15) is 13.2 Å². The van der Waals surface area contributed by atoms with Gasteiger partial charge in [-0.1, -0.05) is 0 Å². The number of alkyl halides is 3. The second-order valence-corrected chi connectivity index (χ2v) is 3.58. The van der Waals surface area contributed by atoms with Gasteiger partial charge in [0.15, 0.2) is 0 Å². The fraction of sp³-hybridized carbons (Fsp3) is 0.400. The zero-order valence-electron chi connectivity index (χ0n) is 7.74. The van der Waals surface area contributed by atoms with Gasteiger partial charge in [0.25, 0.3) is 0 Å². The summed E-state index contributed by atoms with van der Waals surface area (Å²) in [4.78, 5) is 0. The third-order valence-corrected chi connectivity index (χ3v) is 2.49. The minimum atomic E-state index is -4.24.